The number of benzene rings is 2. The zero-order valence-corrected chi connectivity index (χ0v) is 21.0. The molecule has 30 heavy (non-hydrogen) atoms. The molecule has 0 unspecified atom stereocenters. The third-order valence-electron chi connectivity index (χ3n) is 5.03. The molecule has 0 atom stereocenters. The van der Waals surface area contributed by atoms with Gasteiger partial charge in [-0.1, -0.05) is 50.5 Å². The van der Waals surface area contributed by atoms with Crippen LogP contribution in [0.2, 0.25) is 0 Å². The van der Waals surface area contributed by atoms with Gasteiger partial charge in [-0.05, 0) is 23.2 Å². The maximum Gasteiger partial charge on any atom is 4.00 e. The predicted molar refractivity (Wildman–Crippen MR) is 117 cm³/mol. The Labute approximate surface area is 210 Å². The second-order valence-electron chi connectivity index (χ2n) is 6.98. The maximum atomic E-state index is 2.25. The Balaban J connectivity index is 0.000000327. The van der Waals surface area contributed by atoms with E-state index in [4.69, 9.17) is 0 Å². The van der Waals surface area contributed by atoms with Crippen molar-refractivity contribution in [3.63, 3.8) is 0 Å². The fourth-order valence-corrected chi connectivity index (χ4v) is 3.54. The molecular formula is C26H25Cl2NZr. The summed E-state index contributed by atoms with van der Waals surface area (Å²) in [5.74, 6) is 0. The Morgan fingerprint density at radius 3 is 2.20 bits per heavy atom. The summed E-state index contributed by atoms with van der Waals surface area (Å²) in [5, 5.41) is 3.87. The van der Waals surface area contributed by atoms with Crippen molar-refractivity contribution in [2.45, 2.75) is 26.2 Å². The molecule has 0 amide bonds. The van der Waals surface area contributed by atoms with E-state index in [1.54, 1.807) is 0 Å². The second-order valence-corrected chi connectivity index (χ2v) is 6.98. The molecule has 1 aromatic heterocycles. The summed E-state index contributed by atoms with van der Waals surface area (Å²) in [7, 11) is 0. The summed E-state index contributed by atoms with van der Waals surface area (Å²) < 4.78 is 2.25. The van der Waals surface area contributed by atoms with Gasteiger partial charge in [-0.2, -0.15) is 17.7 Å². The molecule has 4 heteroatoms. The van der Waals surface area contributed by atoms with Gasteiger partial charge in [-0.25, -0.2) is 12.1 Å². The standard InChI is InChI=1S/C17H12N.C9H13.2ClH.Zr/c1-2-7-15-12-16(11-14(15)6-1)18-10-9-13-5-3-4-8-17(13)18;1-2-3-6-9-7-4-5-8-9;;;/h1-12H;4-5,7-8H,2-3,6H2,1H3;2*1H;/q2*-1;;;+4/p-2. The first kappa shape index (κ1) is 26.4. The molecule has 4 aromatic carbocycles. The van der Waals surface area contributed by atoms with Crippen LogP contribution in [-0.2, 0) is 32.6 Å². The Bertz CT molecular complexity index is 1090. The summed E-state index contributed by atoms with van der Waals surface area (Å²) in [6, 6.07) is 32.2. The normalized spacial score (nSPS) is 9.77. The number of hydrogen-bond acceptors (Lipinski definition) is 0. The average molecular weight is 514 g/mol. The minimum atomic E-state index is 0. The van der Waals surface area contributed by atoms with Crippen LogP contribution in [-0.4, -0.2) is 4.57 Å². The van der Waals surface area contributed by atoms with Crippen LogP contribution < -0.4 is 24.8 Å². The average Bonchev–Trinajstić information content (AvgIpc) is 3.45. The van der Waals surface area contributed by atoms with Crippen LogP contribution in [0.25, 0.3) is 27.4 Å². The third kappa shape index (κ3) is 6.20. The van der Waals surface area contributed by atoms with Crippen molar-refractivity contribution in [3.05, 3.63) is 103 Å². The molecule has 0 aliphatic heterocycles. The van der Waals surface area contributed by atoms with Crippen molar-refractivity contribution in [1.82, 2.24) is 4.57 Å². The number of unbranched alkanes of at least 4 members (excludes halogenated alkanes) is 1. The second kappa shape index (κ2) is 13.0. The molecule has 0 spiro atoms. The molecule has 152 valence electrons. The van der Waals surface area contributed by atoms with Crippen LogP contribution in [0.15, 0.2) is 97.2 Å². The van der Waals surface area contributed by atoms with Gasteiger partial charge in [-0.3, -0.25) is 0 Å². The molecule has 0 saturated heterocycles. The van der Waals surface area contributed by atoms with E-state index >= 15 is 0 Å². The number of hydrogen-bond donors (Lipinski definition) is 0. The zero-order valence-electron chi connectivity index (χ0n) is 17.1. The van der Waals surface area contributed by atoms with Crippen molar-refractivity contribution in [1.29, 1.82) is 0 Å². The molecule has 0 radical (unpaired) electrons. The Morgan fingerprint density at radius 2 is 1.50 bits per heavy atom. The van der Waals surface area contributed by atoms with Crippen molar-refractivity contribution in [3.8, 4) is 5.69 Å². The summed E-state index contributed by atoms with van der Waals surface area (Å²) in [6.07, 6.45) is 6.01. The molecule has 5 rings (SSSR count). The molecule has 1 heterocycles. The number of para-hydroxylation sites is 1. The van der Waals surface area contributed by atoms with Gasteiger partial charge >= 0.3 is 26.2 Å². The molecule has 5 aromatic rings. The van der Waals surface area contributed by atoms with Crippen molar-refractivity contribution in [2.24, 2.45) is 0 Å². The molecular weight excluding hydrogens is 488 g/mol. The predicted octanol–water partition coefficient (Wildman–Crippen LogP) is 1.26. The fraction of sp³-hybridized carbons (Fsp3) is 0.154. The number of aromatic nitrogens is 1. The number of aryl methyl sites for hydroxylation is 1. The van der Waals surface area contributed by atoms with Gasteiger partial charge in [0.15, 0.2) is 0 Å². The Kier molecular flexibility index (Phi) is 11.4. The van der Waals surface area contributed by atoms with Crippen LogP contribution >= 0.6 is 0 Å². The first-order valence-corrected chi connectivity index (χ1v) is 9.77. The number of halogens is 2. The summed E-state index contributed by atoms with van der Waals surface area (Å²) in [4.78, 5) is 0. The van der Waals surface area contributed by atoms with E-state index in [9.17, 15) is 0 Å². The molecule has 0 bridgehead atoms. The van der Waals surface area contributed by atoms with Gasteiger partial charge < -0.3 is 29.4 Å². The van der Waals surface area contributed by atoms with Crippen molar-refractivity contribution < 1.29 is 51.0 Å². The summed E-state index contributed by atoms with van der Waals surface area (Å²) in [5.41, 5.74) is 3.97. The van der Waals surface area contributed by atoms with Gasteiger partial charge in [0.05, 0.1) is 5.52 Å². The topological polar surface area (TPSA) is 4.93 Å². The van der Waals surface area contributed by atoms with Crippen molar-refractivity contribution in [2.75, 3.05) is 0 Å². The smallest absolute Gasteiger partial charge is 1.00 e. The monoisotopic (exact) mass is 511 g/mol. The Hall–Kier alpha value is -1.60. The van der Waals surface area contributed by atoms with Crippen LogP contribution in [0.1, 0.15) is 25.3 Å². The largest absolute Gasteiger partial charge is 4.00 e. The van der Waals surface area contributed by atoms with Crippen LogP contribution in [0.5, 0.6) is 0 Å². The maximum absolute atomic E-state index is 2.25. The molecule has 0 saturated carbocycles. The van der Waals surface area contributed by atoms with Gasteiger partial charge in [0.2, 0.25) is 0 Å². The van der Waals surface area contributed by atoms with Gasteiger partial charge in [0.25, 0.3) is 0 Å². The molecule has 0 aliphatic carbocycles. The number of rotatable bonds is 4. The number of fused-ring (bicyclic) bond motifs is 2. The number of nitrogens with zero attached hydrogens (tertiary/aromatic N) is 1. The summed E-state index contributed by atoms with van der Waals surface area (Å²) >= 11 is 0. The minimum Gasteiger partial charge on any atom is -1.00 e. The van der Waals surface area contributed by atoms with E-state index in [1.165, 1.54) is 52.2 Å². The van der Waals surface area contributed by atoms with E-state index in [-0.39, 0.29) is 51.0 Å². The summed E-state index contributed by atoms with van der Waals surface area (Å²) in [6.45, 7) is 2.23. The van der Waals surface area contributed by atoms with E-state index < -0.39 is 0 Å². The minimum absolute atomic E-state index is 0. The van der Waals surface area contributed by atoms with E-state index in [0.717, 1.165) is 0 Å². The molecule has 1 nitrogen and oxygen atoms in total. The molecule has 0 N–H and O–H groups in total. The quantitative estimate of drug-likeness (QED) is 0.319. The van der Waals surface area contributed by atoms with E-state index in [1.807, 2.05) is 0 Å². The fourth-order valence-electron chi connectivity index (χ4n) is 3.54. The van der Waals surface area contributed by atoms with Gasteiger partial charge in [0.1, 0.15) is 0 Å². The van der Waals surface area contributed by atoms with E-state index in [0.29, 0.717) is 0 Å². The molecule has 0 aliphatic rings. The first-order chi connectivity index (χ1) is 13.3. The Morgan fingerprint density at radius 1 is 0.833 bits per heavy atom. The third-order valence-corrected chi connectivity index (χ3v) is 5.03. The van der Waals surface area contributed by atoms with Crippen LogP contribution in [0.4, 0.5) is 0 Å². The van der Waals surface area contributed by atoms with Crippen LogP contribution in [0, 0.1) is 0 Å². The molecule has 0 fully saturated rings. The zero-order chi connectivity index (χ0) is 18.5. The van der Waals surface area contributed by atoms with Gasteiger partial charge in [0, 0.05) is 6.20 Å². The first-order valence-electron chi connectivity index (χ1n) is 9.77. The van der Waals surface area contributed by atoms with Crippen molar-refractivity contribution >= 4 is 21.7 Å². The van der Waals surface area contributed by atoms with Gasteiger partial charge in [-0.15, -0.1) is 41.1 Å². The SMILES string of the molecule is CCCC[c-]1cccc1.[Cl-].[Cl-].[Zr+4].c1ccc2[cH-]c(-n3ccc4ccccc43)cc2c1. The van der Waals surface area contributed by atoms with Crippen LogP contribution in [0.3, 0.4) is 0 Å². The van der Waals surface area contributed by atoms with E-state index in [2.05, 4.69) is 109 Å².